The van der Waals surface area contributed by atoms with Gasteiger partial charge in [-0.05, 0) is 25.3 Å². The van der Waals surface area contributed by atoms with Crippen LogP contribution in [0, 0.1) is 0 Å². The van der Waals surface area contributed by atoms with Crippen LogP contribution >= 0.6 is 0 Å². The zero-order valence-corrected chi connectivity index (χ0v) is 7.52. The molecule has 0 aliphatic rings. The van der Waals surface area contributed by atoms with Crippen molar-refractivity contribution in [2.75, 3.05) is 0 Å². The Morgan fingerprint density at radius 2 is 2.09 bits per heavy atom. The molecule has 0 aromatic carbocycles. The van der Waals surface area contributed by atoms with Gasteiger partial charge in [0.2, 0.25) is 6.29 Å². The molecular formula is C10H17O. The normalized spacial score (nSPS) is 11.6. The number of rotatable bonds is 6. The van der Waals surface area contributed by atoms with Gasteiger partial charge in [0.1, 0.15) is 0 Å². The summed E-state index contributed by atoms with van der Waals surface area (Å²) < 4.78 is 0. The van der Waals surface area contributed by atoms with E-state index in [9.17, 15) is 4.79 Å². The van der Waals surface area contributed by atoms with Crippen molar-refractivity contribution < 1.29 is 4.79 Å². The third-order valence-electron chi connectivity index (χ3n) is 1.67. The Morgan fingerprint density at radius 3 is 2.64 bits per heavy atom. The topological polar surface area (TPSA) is 17.1 Å². The van der Waals surface area contributed by atoms with Crippen LogP contribution < -0.4 is 0 Å². The molecule has 0 rings (SSSR count). The SMILES string of the molecule is CCCCCCC=C(C)[C]=O. The van der Waals surface area contributed by atoms with Gasteiger partial charge >= 0.3 is 0 Å². The number of carbonyl (C=O) groups excluding carboxylic acids is 1. The highest BCUT2D eigenvalue weighted by atomic mass is 16.1. The average Bonchev–Trinajstić information content (AvgIpc) is 2.04. The van der Waals surface area contributed by atoms with E-state index in [0.717, 1.165) is 12.0 Å². The van der Waals surface area contributed by atoms with Crippen LogP contribution in [-0.2, 0) is 4.79 Å². The molecule has 63 valence electrons. The van der Waals surface area contributed by atoms with E-state index < -0.39 is 0 Å². The largest absolute Gasteiger partial charge is 0.285 e. The summed E-state index contributed by atoms with van der Waals surface area (Å²) >= 11 is 0. The molecule has 0 amide bonds. The molecule has 0 N–H and O–H groups in total. The molecule has 1 heteroatoms. The van der Waals surface area contributed by atoms with Gasteiger partial charge in [-0.2, -0.15) is 0 Å². The van der Waals surface area contributed by atoms with Crippen molar-refractivity contribution >= 4 is 6.29 Å². The zero-order chi connectivity index (χ0) is 8.53. The molecule has 0 saturated heterocycles. The van der Waals surface area contributed by atoms with Crippen molar-refractivity contribution in [1.29, 1.82) is 0 Å². The number of unbranched alkanes of at least 4 members (excludes halogenated alkanes) is 4. The van der Waals surface area contributed by atoms with Crippen molar-refractivity contribution in [3.63, 3.8) is 0 Å². The van der Waals surface area contributed by atoms with E-state index in [1.165, 1.54) is 25.7 Å². The molecule has 0 fully saturated rings. The summed E-state index contributed by atoms with van der Waals surface area (Å²) in [6.07, 6.45) is 9.90. The van der Waals surface area contributed by atoms with Crippen molar-refractivity contribution in [3.05, 3.63) is 11.6 Å². The molecule has 0 heterocycles. The molecule has 0 aliphatic carbocycles. The Balaban J connectivity index is 3.19. The minimum absolute atomic E-state index is 0.737. The van der Waals surface area contributed by atoms with E-state index >= 15 is 0 Å². The third-order valence-corrected chi connectivity index (χ3v) is 1.67. The van der Waals surface area contributed by atoms with Crippen molar-refractivity contribution in [2.45, 2.75) is 46.0 Å². The van der Waals surface area contributed by atoms with Crippen LogP contribution in [0.4, 0.5) is 0 Å². The summed E-state index contributed by atoms with van der Waals surface area (Å²) in [5.74, 6) is 0. The lowest BCUT2D eigenvalue weighted by molar-refractivity contribution is 0.561. The minimum Gasteiger partial charge on any atom is -0.285 e. The molecule has 0 aromatic rings. The maximum absolute atomic E-state index is 10.0. The first kappa shape index (κ1) is 10.4. The van der Waals surface area contributed by atoms with Gasteiger partial charge in [0, 0.05) is 0 Å². The Bertz CT molecular complexity index is 125. The fraction of sp³-hybridized carbons (Fsp3) is 0.700. The maximum Gasteiger partial charge on any atom is 0.228 e. The molecule has 0 unspecified atom stereocenters. The van der Waals surface area contributed by atoms with Crippen molar-refractivity contribution in [2.24, 2.45) is 0 Å². The minimum atomic E-state index is 0.737. The van der Waals surface area contributed by atoms with Gasteiger partial charge in [-0.25, -0.2) is 0 Å². The summed E-state index contributed by atoms with van der Waals surface area (Å²) in [6, 6.07) is 0. The van der Waals surface area contributed by atoms with Gasteiger partial charge in [-0.15, -0.1) is 0 Å². The van der Waals surface area contributed by atoms with Gasteiger partial charge in [-0.3, -0.25) is 4.79 Å². The lowest BCUT2D eigenvalue weighted by Gasteiger charge is -1.94. The van der Waals surface area contributed by atoms with E-state index in [-0.39, 0.29) is 0 Å². The number of allylic oxidation sites excluding steroid dienone is 2. The predicted molar refractivity (Wildman–Crippen MR) is 48.2 cm³/mol. The predicted octanol–water partition coefficient (Wildman–Crippen LogP) is 3.01. The van der Waals surface area contributed by atoms with Crippen LogP contribution in [0.1, 0.15) is 46.0 Å². The van der Waals surface area contributed by atoms with Crippen LogP contribution in [0.2, 0.25) is 0 Å². The van der Waals surface area contributed by atoms with Gasteiger partial charge in [-0.1, -0.05) is 32.3 Å². The second kappa shape index (κ2) is 7.52. The van der Waals surface area contributed by atoms with E-state index in [2.05, 4.69) is 6.92 Å². The van der Waals surface area contributed by atoms with Crippen LogP contribution in [0.25, 0.3) is 0 Å². The second-order valence-corrected chi connectivity index (χ2v) is 2.84. The summed E-state index contributed by atoms with van der Waals surface area (Å²) in [6.45, 7) is 3.99. The Kier molecular flexibility index (Phi) is 7.11. The summed E-state index contributed by atoms with van der Waals surface area (Å²) in [5.41, 5.74) is 0.737. The maximum atomic E-state index is 10.0. The molecule has 0 saturated carbocycles. The van der Waals surface area contributed by atoms with E-state index in [1.54, 1.807) is 6.92 Å². The van der Waals surface area contributed by atoms with E-state index in [4.69, 9.17) is 0 Å². The highest BCUT2D eigenvalue weighted by molar-refractivity contribution is 5.72. The number of hydrogen-bond acceptors (Lipinski definition) is 1. The van der Waals surface area contributed by atoms with Gasteiger partial charge in [0.15, 0.2) is 0 Å². The lowest BCUT2D eigenvalue weighted by Crippen LogP contribution is -1.78. The molecule has 1 nitrogen and oxygen atoms in total. The Hall–Kier alpha value is -0.590. The molecular weight excluding hydrogens is 136 g/mol. The third kappa shape index (κ3) is 7.31. The quantitative estimate of drug-likeness (QED) is 0.423. The van der Waals surface area contributed by atoms with Crippen molar-refractivity contribution in [1.82, 2.24) is 0 Å². The molecule has 0 bridgehead atoms. The molecule has 0 spiro atoms. The summed E-state index contributed by atoms with van der Waals surface area (Å²) in [4.78, 5) is 10.0. The molecule has 1 radical (unpaired) electrons. The fourth-order valence-electron chi connectivity index (χ4n) is 0.931. The standard InChI is InChI=1S/C10H17O/c1-3-4-5-6-7-8-10(2)9-11/h8H,3-7H2,1-2H3. The Labute approximate surface area is 69.5 Å². The molecule has 0 aromatic heterocycles. The van der Waals surface area contributed by atoms with Crippen LogP contribution in [0.5, 0.6) is 0 Å². The summed E-state index contributed by atoms with van der Waals surface area (Å²) in [7, 11) is 0. The first-order chi connectivity index (χ1) is 5.31. The second-order valence-electron chi connectivity index (χ2n) is 2.84. The van der Waals surface area contributed by atoms with Crippen LogP contribution in [0.15, 0.2) is 11.6 Å². The highest BCUT2D eigenvalue weighted by Gasteiger charge is 1.87. The summed E-state index contributed by atoms with van der Waals surface area (Å²) in [5, 5.41) is 0. The molecule has 0 atom stereocenters. The number of hydrogen-bond donors (Lipinski definition) is 0. The van der Waals surface area contributed by atoms with E-state index in [1.807, 2.05) is 12.4 Å². The zero-order valence-electron chi connectivity index (χ0n) is 7.52. The smallest absolute Gasteiger partial charge is 0.228 e. The van der Waals surface area contributed by atoms with Crippen LogP contribution in [-0.4, -0.2) is 6.29 Å². The van der Waals surface area contributed by atoms with Gasteiger partial charge in [0.05, 0.1) is 0 Å². The first-order valence-corrected chi connectivity index (χ1v) is 4.36. The highest BCUT2D eigenvalue weighted by Crippen LogP contribution is 2.04. The van der Waals surface area contributed by atoms with Gasteiger partial charge in [0.25, 0.3) is 0 Å². The lowest BCUT2D eigenvalue weighted by atomic mass is 10.1. The average molecular weight is 153 g/mol. The van der Waals surface area contributed by atoms with Crippen LogP contribution in [0.3, 0.4) is 0 Å². The van der Waals surface area contributed by atoms with Crippen molar-refractivity contribution in [3.8, 4) is 0 Å². The van der Waals surface area contributed by atoms with Gasteiger partial charge < -0.3 is 0 Å². The monoisotopic (exact) mass is 153 g/mol. The van der Waals surface area contributed by atoms with E-state index in [0.29, 0.717) is 0 Å². The fourth-order valence-corrected chi connectivity index (χ4v) is 0.931. The Morgan fingerprint density at radius 1 is 1.36 bits per heavy atom. The molecule has 11 heavy (non-hydrogen) atoms. The molecule has 0 aliphatic heterocycles. The first-order valence-electron chi connectivity index (χ1n) is 4.36.